The molecule has 1 aromatic carbocycles. The maximum Gasteiger partial charge on any atom is 0.416 e. The first-order valence-corrected chi connectivity index (χ1v) is 12.7. The van der Waals surface area contributed by atoms with Gasteiger partial charge in [-0.3, -0.25) is 19.4 Å². The molecule has 0 atom stereocenters. The maximum atomic E-state index is 12.9. The molecule has 2 heterocycles. The van der Waals surface area contributed by atoms with Gasteiger partial charge in [0.25, 0.3) is 5.91 Å². The minimum Gasteiger partial charge on any atom is -0.481 e. The first kappa shape index (κ1) is 29.3. The third-order valence-electron chi connectivity index (χ3n) is 7.05. The van der Waals surface area contributed by atoms with E-state index in [9.17, 15) is 32.8 Å². The van der Waals surface area contributed by atoms with E-state index in [4.69, 9.17) is 9.84 Å². The molecular formula is C28H26F3N5O5. The molecule has 1 fully saturated rings. The quantitative estimate of drug-likeness (QED) is 0.362. The summed E-state index contributed by atoms with van der Waals surface area (Å²) in [6.07, 6.45) is -0.990. The molecule has 214 valence electrons. The molecule has 10 nitrogen and oxygen atoms in total. The van der Waals surface area contributed by atoms with Crippen molar-refractivity contribution >= 4 is 23.5 Å². The van der Waals surface area contributed by atoms with Crippen LogP contribution in [0.5, 0.6) is 0 Å². The van der Waals surface area contributed by atoms with Crippen LogP contribution in [0.3, 0.4) is 0 Å². The van der Waals surface area contributed by atoms with Gasteiger partial charge >= 0.3 is 18.1 Å². The van der Waals surface area contributed by atoms with Crippen LogP contribution in [0.15, 0.2) is 48.8 Å². The normalized spacial score (nSPS) is 18.8. The summed E-state index contributed by atoms with van der Waals surface area (Å²) in [7, 11) is 0. The van der Waals surface area contributed by atoms with E-state index >= 15 is 0 Å². The van der Waals surface area contributed by atoms with Crippen molar-refractivity contribution in [2.45, 2.75) is 63.1 Å². The Morgan fingerprint density at radius 1 is 1.12 bits per heavy atom. The Labute approximate surface area is 232 Å². The number of rotatable bonds is 8. The SMILES string of the molecule is Cc1c(C(=O)Nc2ccc(C3(C#N)CCC(OC(=O)CCC(=O)O)CC3)nc2)cnn1-c1ccc(C(F)(F)F)cc1. The third-order valence-corrected chi connectivity index (χ3v) is 7.05. The largest absolute Gasteiger partial charge is 0.481 e. The molecule has 0 bridgehead atoms. The molecule has 3 aromatic rings. The molecule has 41 heavy (non-hydrogen) atoms. The highest BCUT2D eigenvalue weighted by Gasteiger charge is 2.39. The minimum absolute atomic E-state index is 0.209. The van der Waals surface area contributed by atoms with Gasteiger partial charge in [0.05, 0.1) is 70.6 Å². The second-order valence-corrected chi connectivity index (χ2v) is 9.76. The summed E-state index contributed by atoms with van der Waals surface area (Å²) in [5.41, 5.74) is 0.213. The Kier molecular flexibility index (Phi) is 8.41. The molecule has 2 N–H and O–H groups in total. The number of anilines is 1. The number of carbonyl (C=O) groups excluding carboxylic acids is 2. The fourth-order valence-electron chi connectivity index (χ4n) is 4.71. The fraction of sp³-hybridized carbons (Fsp3) is 0.357. The van der Waals surface area contributed by atoms with Crippen LogP contribution < -0.4 is 5.32 Å². The second-order valence-electron chi connectivity index (χ2n) is 9.76. The highest BCUT2D eigenvalue weighted by Crippen LogP contribution is 2.39. The average Bonchev–Trinajstić information content (AvgIpc) is 3.34. The number of nitrogens with one attached hydrogen (secondary N) is 1. The zero-order valence-corrected chi connectivity index (χ0v) is 21.9. The van der Waals surface area contributed by atoms with Crippen molar-refractivity contribution in [1.29, 1.82) is 5.26 Å². The number of halogens is 3. The molecule has 1 aliphatic carbocycles. The van der Waals surface area contributed by atoms with E-state index < -0.39 is 41.1 Å². The third kappa shape index (κ3) is 6.71. The van der Waals surface area contributed by atoms with E-state index in [0.717, 1.165) is 12.1 Å². The lowest BCUT2D eigenvalue weighted by atomic mass is 9.72. The van der Waals surface area contributed by atoms with Gasteiger partial charge in [0, 0.05) is 0 Å². The van der Waals surface area contributed by atoms with Crippen LogP contribution in [0, 0.1) is 18.3 Å². The number of aromatic nitrogens is 3. The zero-order valence-electron chi connectivity index (χ0n) is 21.9. The van der Waals surface area contributed by atoms with Crippen LogP contribution in [0.2, 0.25) is 0 Å². The number of aliphatic carboxylic acids is 1. The number of alkyl halides is 3. The Bertz CT molecular complexity index is 1470. The lowest BCUT2D eigenvalue weighted by molar-refractivity contribution is -0.153. The lowest BCUT2D eigenvalue weighted by Crippen LogP contribution is -2.35. The topological polar surface area (TPSA) is 147 Å². The molecule has 1 amide bonds. The Hall–Kier alpha value is -4.73. The van der Waals surface area contributed by atoms with E-state index in [1.807, 2.05) is 0 Å². The molecule has 0 spiro atoms. The van der Waals surface area contributed by atoms with Gasteiger partial charge in [0.1, 0.15) is 6.10 Å². The molecular weight excluding hydrogens is 543 g/mol. The lowest BCUT2D eigenvalue weighted by Gasteiger charge is -2.34. The van der Waals surface area contributed by atoms with Crippen LogP contribution in [0.1, 0.15) is 65.8 Å². The summed E-state index contributed by atoms with van der Waals surface area (Å²) in [4.78, 5) is 39.8. The Morgan fingerprint density at radius 2 is 1.80 bits per heavy atom. The van der Waals surface area contributed by atoms with Crippen molar-refractivity contribution in [3.8, 4) is 11.8 Å². The molecule has 4 rings (SSSR count). The van der Waals surface area contributed by atoms with Gasteiger partial charge in [-0.05, 0) is 69.0 Å². The Balaban J connectivity index is 1.38. The van der Waals surface area contributed by atoms with Crippen molar-refractivity contribution in [1.82, 2.24) is 14.8 Å². The molecule has 0 unspecified atom stereocenters. The van der Waals surface area contributed by atoms with Gasteiger partial charge in [-0.25, -0.2) is 4.68 Å². The number of carboxylic acids is 1. The van der Waals surface area contributed by atoms with Crippen molar-refractivity contribution < 1.29 is 37.4 Å². The van der Waals surface area contributed by atoms with Gasteiger partial charge in [0.2, 0.25) is 0 Å². The molecule has 0 aliphatic heterocycles. The number of nitrogens with zero attached hydrogens (tertiary/aromatic N) is 4. The molecule has 1 aliphatic rings. The number of pyridine rings is 1. The predicted octanol–water partition coefficient (Wildman–Crippen LogP) is 4.96. The summed E-state index contributed by atoms with van der Waals surface area (Å²) in [5.74, 6) is -2.15. The van der Waals surface area contributed by atoms with Crippen molar-refractivity contribution in [3.63, 3.8) is 0 Å². The molecule has 13 heteroatoms. The van der Waals surface area contributed by atoms with Gasteiger partial charge in [-0.2, -0.15) is 23.5 Å². The van der Waals surface area contributed by atoms with Gasteiger partial charge in [-0.15, -0.1) is 0 Å². The monoisotopic (exact) mass is 569 g/mol. The highest BCUT2D eigenvalue weighted by molar-refractivity contribution is 6.04. The van der Waals surface area contributed by atoms with E-state index in [1.165, 1.54) is 29.2 Å². The summed E-state index contributed by atoms with van der Waals surface area (Å²) in [6, 6.07) is 10.0. The second kappa shape index (κ2) is 11.8. The number of carbonyl (C=O) groups is 3. The van der Waals surface area contributed by atoms with Crippen molar-refractivity contribution in [2.75, 3.05) is 5.32 Å². The molecule has 0 saturated heterocycles. The van der Waals surface area contributed by atoms with Crippen LogP contribution in [0.4, 0.5) is 18.9 Å². The van der Waals surface area contributed by atoms with Gasteiger partial charge in [-0.1, -0.05) is 0 Å². The highest BCUT2D eigenvalue weighted by atomic mass is 19.4. The first-order chi connectivity index (χ1) is 19.4. The number of hydrogen-bond acceptors (Lipinski definition) is 7. The van der Waals surface area contributed by atoms with Crippen LogP contribution in [0.25, 0.3) is 5.69 Å². The van der Waals surface area contributed by atoms with Crippen LogP contribution in [-0.4, -0.2) is 43.8 Å². The molecule has 1 saturated carbocycles. The maximum absolute atomic E-state index is 12.9. The zero-order chi connectivity index (χ0) is 29.8. The van der Waals surface area contributed by atoms with E-state index in [-0.39, 0.29) is 18.4 Å². The first-order valence-electron chi connectivity index (χ1n) is 12.7. The number of carboxylic acid groups (broad SMARTS) is 1. The number of amides is 1. The number of hydrogen-bond donors (Lipinski definition) is 2. The summed E-state index contributed by atoms with van der Waals surface area (Å²) >= 11 is 0. The van der Waals surface area contributed by atoms with Gasteiger partial charge in [0.15, 0.2) is 0 Å². The van der Waals surface area contributed by atoms with Gasteiger partial charge < -0.3 is 15.2 Å². The number of ether oxygens (including phenoxy) is 1. The predicted molar refractivity (Wildman–Crippen MR) is 138 cm³/mol. The number of nitriles is 1. The number of esters is 1. The Morgan fingerprint density at radius 3 is 2.37 bits per heavy atom. The smallest absolute Gasteiger partial charge is 0.416 e. The summed E-state index contributed by atoms with van der Waals surface area (Å²) in [5, 5.41) is 25.5. The summed E-state index contributed by atoms with van der Waals surface area (Å²) < 4.78 is 45.3. The standard InChI is InChI=1S/C28H26F3N5O5/c1-17-22(15-34-36(17)20-5-2-18(3-6-20)28(29,30)31)26(40)35-19-4-7-23(33-14-19)27(16-32)12-10-21(11-13-27)41-25(39)9-8-24(37)38/h2-7,14-15,21H,8-13H2,1H3,(H,35,40)(H,37,38). The fourth-order valence-corrected chi connectivity index (χ4v) is 4.71. The molecule has 2 aromatic heterocycles. The summed E-state index contributed by atoms with van der Waals surface area (Å²) in [6.45, 7) is 1.62. The van der Waals surface area contributed by atoms with Crippen molar-refractivity contribution in [2.24, 2.45) is 0 Å². The van der Waals surface area contributed by atoms with Crippen LogP contribution >= 0.6 is 0 Å². The van der Waals surface area contributed by atoms with E-state index in [2.05, 4.69) is 21.5 Å². The minimum atomic E-state index is -4.46. The number of benzene rings is 1. The molecule has 0 radical (unpaired) electrons. The van der Waals surface area contributed by atoms with Crippen molar-refractivity contribution in [3.05, 3.63) is 71.3 Å². The van der Waals surface area contributed by atoms with Crippen LogP contribution in [-0.2, 0) is 25.9 Å². The van der Waals surface area contributed by atoms with E-state index in [0.29, 0.717) is 48.4 Å². The average molecular weight is 570 g/mol. The van der Waals surface area contributed by atoms with E-state index in [1.54, 1.807) is 19.1 Å².